The van der Waals surface area contributed by atoms with Crippen LogP contribution in [0.4, 0.5) is 0 Å². The van der Waals surface area contributed by atoms with Gasteiger partial charge in [-0.1, -0.05) is 37.6 Å². The summed E-state index contributed by atoms with van der Waals surface area (Å²) in [5.41, 5.74) is 3.26. The minimum atomic E-state index is -0.598. The Balaban J connectivity index is 2.41. The summed E-state index contributed by atoms with van der Waals surface area (Å²) in [4.78, 5) is 0. The molecule has 0 spiro atoms. The fraction of sp³-hybridized carbons (Fsp3) is 0.600. The molecule has 0 aliphatic heterocycles. The van der Waals surface area contributed by atoms with E-state index in [0.717, 1.165) is 24.8 Å². The second kappa shape index (κ2) is 3.59. The molecule has 1 aromatic carbocycles. The van der Waals surface area contributed by atoms with Gasteiger partial charge in [-0.3, -0.25) is 0 Å². The molecule has 1 nitrogen and oxygen atoms in total. The van der Waals surface area contributed by atoms with E-state index in [1.807, 2.05) is 0 Å². The average Bonchev–Trinajstić information content (AvgIpc) is 2.46. The largest absolute Gasteiger partial charge is 0.385 e. The maximum atomic E-state index is 10.8. The third-order valence-corrected chi connectivity index (χ3v) is 3.88. The monoisotopic (exact) mass is 218 g/mol. The standard InChI is InChI=1S/C15H22O/c1-11-5-6-12(2)13(9-11)15(16)8-7-14(3,4)10-15/h5-6,9,16H,7-8,10H2,1-4H3. The summed E-state index contributed by atoms with van der Waals surface area (Å²) in [7, 11) is 0. The molecule has 0 radical (unpaired) electrons. The van der Waals surface area contributed by atoms with E-state index < -0.39 is 5.60 Å². The van der Waals surface area contributed by atoms with Crippen molar-refractivity contribution < 1.29 is 5.11 Å². The van der Waals surface area contributed by atoms with E-state index in [1.165, 1.54) is 11.1 Å². The van der Waals surface area contributed by atoms with Crippen molar-refractivity contribution in [3.63, 3.8) is 0 Å². The fourth-order valence-electron chi connectivity index (χ4n) is 2.98. The van der Waals surface area contributed by atoms with Gasteiger partial charge in [0.15, 0.2) is 0 Å². The Morgan fingerprint density at radius 1 is 1.12 bits per heavy atom. The van der Waals surface area contributed by atoms with Crippen LogP contribution in [0.25, 0.3) is 0 Å². The van der Waals surface area contributed by atoms with Gasteiger partial charge in [-0.15, -0.1) is 0 Å². The molecule has 1 N–H and O–H groups in total. The summed E-state index contributed by atoms with van der Waals surface area (Å²) in [6.45, 7) is 8.68. The average molecular weight is 218 g/mol. The number of aryl methyl sites for hydroxylation is 2. The molecule has 1 unspecified atom stereocenters. The summed E-state index contributed by atoms with van der Waals surface area (Å²) in [5.74, 6) is 0. The number of aliphatic hydroxyl groups is 1. The highest BCUT2D eigenvalue weighted by Crippen LogP contribution is 2.49. The molecule has 88 valence electrons. The topological polar surface area (TPSA) is 20.2 Å². The van der Waals surface area contributed by atoms with Gasteiger partial charge in [-0.2, -0.15) is 0 Å². The number of benzene rings is 1. The van der Waals surface area contributed by atoms with Gasteiger partial charge in [0.05, 0.1) is 5.60 Å². The Kier molecular flexibility index (Phi) is 2.62. The van der Waals surface area contributed by atoms with Crippen molar-refractivity contribution in [2.24, 2.45) is 5.41 Å². The first kappa shape index (κ1) is 11.7. The van der Waals surface area contributed by atoms with Crippen molar-refractivity contribution in [3.8, 4) is 0 Å². The lowest BCUT2D eigenvalue weighted by Crippen LogP contribution is -2.24. The zero-order valence-corrected chi connectivity index (χ0v) is 10.8. The van der Waals surface area contributed by atoms with E-state index >= 15 is 0 Å². The molecule has 0 heterocycles. The van der Waals surface area contributed by atoms with Gasteiger partial charge in [0.2, 0.25) is 0 Å². The van der Waals surface area contributed by atoms with Crippen molar-refractivity contribution >= 4 is 0 Å². The zero-order chi connectivity index (χ0) is 12.0. The van der Waals surface area contributed by atoms with Crippen molar-refractivity contribution in [1.29, 1.82) is 0 Å². The molecular weight excluding hydrogens is 196 g/mol. The van der Waals surface area contributed by atoms with Gasteiger partial charge in [-0.05, 0) is 49.7 Å². The van der Waals surface area contributed by atoms with Crippen LogP contribution in [0.15, 0.2) is 18.2 Å². The molecule has 0 aromatic heterocycles. The summed E-state index contributed by atoms with van der Waals surface area (Å²) < 4.78 is 0. The predicted octanol–water partition coefficient (Wildman–Crippen LogP) is 3.70. The van der Waals surface area contributed by atoms with Gasteiger partial charge in [0.25, 0.3) is 0 Å². The smallest absolute Gasteiger partial charge is 0.0904 e. The van der Waals surface area contributed by atoms with Crippen molar-refractivity contribution in [3.05, 3.63) is 34.9 Å². The van der Waals surface area contributed by atoms with Gasteiger partial charge in [0.1, 0.15) is 0 Å². The lowest BCUT2D eigenvalue weighted by Gasteiger charge is -2.27. The molecule has 1 atom stereocenters. The van der Waals surface area contributed by atoms with Crippen LogP contribution >= 0.6 is 0 Å². The number of hydrogen-bond acceptors (Lipinski definition) is 1. The predicted molar refractivity (Wildman–Crippen MR) is 67.4 cm³/mol. The molecule has 0 bridgehead atoms. The van der Waals surface area contributed by atoms with Crippen LogP contribution < -0.4 is 0 Å². The molecule has 1 aliphatic carbocycles. The van der Waals surface area contributed by atoms with Crippen LogP contribution in [0.1, 0.15) is 49.8 Å². The van der Waals surface area contributed by atoms with E-state index in [4.69, 9.17) is 0 Å². The first-order valence-electron chi connectivity index (χ1n) is 6.13. The summed E-state index contributed by atoms with van der Waals surface area (Å²) in [5, 5.41) is 10.8. The first-order valence-corrected chi connectivity index (χ1v) is 6.13. The van der Waals surface area contributed by atoms with E-state index in [-0.39, 0.29) is 5.41 Å². The van der Waals surface area contributed by atoms with Gasteiger partial charge in [-0.25, -0.2) is 0 Å². The molecule has 1 heteroatoms. The molecule has 2 rings (SSSR count). The second-order valence-corrected chi connectivity index (χ2v) is 6.19. The van der Waals surface area contributed by atoms with Crippen LogP contribution in [0.5, 0.6) is 0 Å². The molecule has 1 aromatic rings. The molecule has 1 aliphatic rings. The summed E-state index contributed by atoms with van der Waals surface area (Å²) in [6.07, 6.45) is 2.88. The van der Waals surface area contributed by atoms with Crippen LogP contribution in [0, 0.1) is 19.3 Å². The van der Waals surface area contributed by atoms with Crippen molar-refractivity contribution in [1.82, 2.24) is 0 Å². The number of rotatable bonds is 1. The van der Waals surface area contributed by atoms with Gasteiger partial charge in [0, 0.05) is 0 Å². The van der Waals surface area contributed by atoms with Crippen molar-refractivity contribution in [2.45, 2.75) is 52.6 Å². The minimum absolute atomic E-state index is 0.269. The maximum Gasteiger partial charge on any atom is 0.0904 e. The van der Waals surface area contributed by atoms with Crippen LogP contribution in [0.2, 0.25) is 0 Å². The SMILES string of the molecule is Cc1ccc(C)c(C2(O)CCC(C)(C)C2)c1. The Morgan fingerprint density at radius 2 is 1.81 bits per heavy atom. The normalized spacial score (nSPS) is 28.3. The molecule has 0 amide bonds. The van der Waals surface area contributed by atoms with E-state index in [1.54, 1.807) is 0 Å². The molecule has 0 saturated heterocycles. The minimum Gasteiger partial charge on any atom is -0.385 e. The van der Waals surface area contributed by atoms with Crippen LogP contribution in [-0.4, -0.2) is 5.11 Å². The summed E-state index contributed by atoms with van der Waals surface area (Å²) >= 11 is 0. The lowest BCUT2D eigenvalue weighted by atomic mass is 9.83. The van der Waals surface area contributed by atoms with Gasteiger partial charge >= 0.3 is 0 Å². The Bertz CT molecular complexity index is 406. The molecular formula is C15H22O. The molecule has 16 heavy (non-hydrogen) atoms. The van der Waals surface area contributed by atoms with Crippen LogP contribution in [-0.2, 0) is 5.60 Å². The lowest BCUT2D eigenvalue weighted by molar-refractivity contribution is 0.0332. The zero-order valence-electron chi connectivity index (χ0n) is 10.8. The van der Waals surface area contributed by atoms with Crippen LogP contribution in [0.3, 0.4) is 0 Å². The molecule has 1 fully saturated rings. The van der Waals surface area contributed by atoms with Crippen molar-refractivity contribution in [2.75, 3.05) is 0 Å². The van der Waals surface area contributed by atoms with E-state index in [2.05, 4.69) is 45.9 Å². The quantitative estimate of drug-likeness (QED) is 0.762. The third-order valence-electron chi connectivity index (χ3n) is 3.88. The van der Waals surface area contributed by atoms with E-state index in [9.17, 15) is 5.11 Å². The summed E-state index contributed by atoms with van der Waals surface area (Å²) in [6, 6.07) is 6.38. The fourth-order valence-corrected chi connectivity index (χ4v) is 2.98. The highest BCUT2D eigenvalue weighted by molar-refractivity contribution is 5.36. The number of hydrogen-bond donors (Lipinski definition) is 1. The Hall–Kier alpha value is -0.820. The highest BCUT2D eigenvalue weighted by atomic mass is 16.3. The third kappa shape index (κ3) is 2.01. The highest BCUT2D eigenvalue weighted by Gasteiger charge is 2.43. The second-order valence-electron chi connectivity index (χ2n) is 6.19. The molecule has 1 saturated carbocycles. The Labute approximate surface area is 98.5 Å². The maximum absolute atomic E-state index is 10.8. The Morgan fingerprint density at radius 3 is 2.38 bits per heavy atom. The van der Waals surface area contributed by atoms with E-state index in [0.29, 0.717) is 0 Å². The first-order chi connectivity index (χ1) is 7.32. The van der Waals surface area contributed by atoms with Gasteiger partial charge < -0.3 is 5.11 Å².